The number of ether oxygens (including phenoxy) is 2. The van der Waals surface area contributed by atoms with Crippen molar-refractivity contribution in [3.05, 3.63) is 90.0 Å². The molecule has 1 amide bonds. The average Bonchev–Trinajstić information content (AvgIpc) is 2.84. The molecule has 1 spiro atoms. The summed E-state index contributed by atoms with van der Waals surface area (Å²) in [6, 6.07) is 24.1. The van der Waals surface area contributed by atoms with Crippen molar-refractivity contribution >= 4 is 12.0 Å². The number of hydrogen-bond donors (Lipinski definition) is 0. The van der Waals surface area contributed by atoms with E-state index in [1.54, 1.807) is 13.2 Å². The molecule has 31 heavy (non-hydrogen) atoms. The lowest BCUT2D eigenvalue weighted by Crippen LogP contribution is -2.49. The molecule has 0 atom stereocenters. The zero-order valence-electron chi connectivity index (χ0n) is 17.6. The van der Waals surface area contributed by atoms with Gasteiger partial charge in [-0.3, -0.25) is 4.79 Å². The topological polar surface area (TPSA) is 38.8 Å². The van der Waals surface area contributed by atoms with Gasteiger partial charge in [0.1, 0.15) is 17.1 Å². The third-order valence-corrected chi connectivity index (χ3v) is 6.21. The van der Waals surface area contributed by atoms with E-state index in [0.29, 0.717) is 24.4 Å². The number of likely N-dealkylation sites (tertiary alicyclic amines) is 1. The molecule has 2 aliphatic rings. The maximum atomic E-state index is 12.9. The van der Waals surface area contributed by atoms with Crippen LogP contribution in [0.15, 0.2) is 78.9 Å². The van der Waals surface area contributed by atoms with Crippen LogP contribution in [0.25, 0.3) is 17.2 Å². The van der Waals surface area contributed by atoms with Crippen molar-refractivity contribution in [1.29, 1.82) is 0 Å². The van der Waals surface area contributed by atoms with Crippen molar-refractivity contribution in [3.63, 3.8) is 0 Å². The lowest BCUT2D eigenvalue weighted by atomic mass is 9.87. The summed E-state index contributed by atoms with van der Waals surface area (Å²) in [7, 11) is 1.61. The summed E-state index contributed by atoms with van der Waals surface area (Å²) in [6.07, 6.45) is 5.90. The first-order chi connectivity index (χ1) is 15.2. The summed E-state index contributed by atoms with van der Waals surface area (Å²) >= 11 is 0. The first kappa shape index (κ1) is 19.4. The Balaban J connectivity index is 1.29. The van der Waals surface area contributed by atoms with E-state index in [-0.39, 0.29) is 11.5 Å². The van der Waals surface area contributed by atoms with Gasteiger partial charge in [0.2, 0.25) is 0 Å². The van der Waals surface area contributed by atoms with Crippen molar-refractivity contribution in [1.82, 2.24) is 4.90 Å². The molecule has 156 valence electrons. The second kappa shape index (κ2) is 7.95. The lowest BCUT2D eigenvalue weighted by molar-refractivity contribution is 0.0329. The molecule has 0 radical (unpaired) electrons. The molecular weight excluding hydrogens is 386 g/mol. The maximum absolute atomic E-state index is 12.9. The Morgan fingerprint density at radius 1 is 0.935 bits per heavy atom. The Labute approximate surface area is 182 Å². The number of rotatable bonds is 3. The van der Waals surface area contributed by atoms with Crippen LogP contribution in [-0.2, 0) is 0 Å². The van der Waals surface area contributed by atoms with Crippen LogP contribution in [0.4, 0.5) is 0 Å². The molecule has 1 saturated heterocycles. The molecule has 0 bridgehead atoms. The molecule has 0 unspecified atom stereocenters. The minimum absolute atomic E-state index is 0.0430. The SMILES string of the molecule is COc1cccc(C(=O)N2CCC3(C=Cc4cc(-c5ccccc5)ccc4O3)CC2)c1. The first-order valence-electron chi connectivity index (χ1n) is 10.7. The smallest absolute Gasteiger partial charge is 0.253 e. The number of carbonyl (C=O) groups is 1. The van der Waals surface area contributed by atoms with Crippen molar-refractivity contribution in [2.75, 3.05) is 20.2 Å². The van der Waals surface area contributed by atoms with Crippen LogP contribution in [0.1, 0.15) is 28.8 Å². The highest BCUT2D eigenvalue weighted by molar-refractivity contribution is 5.94. The van der Waals surface area contributed by atoms with Crippen LogP contribution in [0, 0.1) is 0 Å². The van der Waals surface area contributed by atoms with Gasteiger partial charge in [0.05, 0.1) is 7.11 Å². The Bertz CT molecular complexity index is 1130. The summed E-state index contributed by atoms with van der Waals surface area (Å²) in [5.74, 6) is 1.65. The first-order valence-corrected chi connectivity index (χ1v) is 10.7. The second-order valence-corrected chi connectivity index (χ2v) is 8.14. The van der Waals surface area contributed by atoms with E-state index in [0.717, 1.165) is 24.2 Å². The number of nitrogens with zero attached hydrogens (tertiary/aromatic N) is 1. The quantitative estimate of drug-likeness (QED) is 0.576. The van der Waals surface area contributed by atoms with Crippen LogP contribution in [-0.4, -0.2) is 36.6 Å². The van der Waals surface area contributed by atoms with Crippen molar-refractivity contribution in [3.8, 4) is 22.6 Å². The minimum Gasteiger partial charge on any atom is -0.497 e. The number of benzene rings is 3. The van der Waals surface area contributed by atoms with Gasteiger partial charge in [0, 0.05) is 37.1 Å². The molecule has 0 aliphatic carbocycles. The predicted molar refractivity (Wildman–Crippen MR) is 122 cm³/mol. The van der Waals surface area contributed by atoms with E-state index in [1.807, 2.05) is 29.2 Å². The van der Waals surface area contributed by atoms with E-state index in [4.69, 9.17) is 9.47 Å². The van der Waals surface area contributed by atoms with Crippen molar-refractivity contribution in [2.45, 2.75) is 18.4 Å². The highest BCUT2D eigenvalue weighted by atomic mass is 16.5. The van der Waals surface area contributed by atoms with Gasteiger partial charge in [-0.05, 0) is 47.5 Å². The summed E-state index contributed by atoms with van der Waals surface area (Å²) in [6.45, 7) is 1.33. The zero-order valence-corrected chi connectivity index (χ0v) is 17.6. The van der Waals surface area contributed by atoms with Gasteiger partial charge < -0.3 is 14.4 Å². The van der Waals surface area contributed by atoms with Crippen LogP contribution in [0.2, 0.25) is 0 Å². The van der Waals surface area contributed by atoms with E-state index in [9.17, 15) is 4.79 Å². The Kier molecular flexibility index (Phi) is 4.99. The fourth-order valence-electron chi connectivity index (χ4n) is 4.37. The van der Waals surface area contributed by atoms with E-state index >= 15 is 0 Å². The standard InChI is InChI=1S/C27H25NO3/c1-30-24-9-5-8-23(19-24)26(29)28-16-14-27(15-17-28)13-12-22-18-21(10-11-25(22)31-27)20-6-3-2-4-7-20/h2-13,18-19H,14-17H2,1H3. The van der Waals surface area contributed by atoms with E-state index in [2.05, 4.69) is 54.6 Å². The molecule has 0 N–H and O–H groups in total. The molecule has 2 aliphatic heterocycles. The van der Waals surface area contributed by atoms with Crippen molar-refractivity contribution < 1.29 is 14.3 Å². The summed E-state index contributed by atoms with van der Waals surface area (Å²) < 4.78 is 11.7. The molecule has 3 aromatic rings. The zero-order chi connectivity index (χ0) is 21.3. The number of piperidine rings is 1. The van der Waals surface area contributed by atoms with Crippen LogP contribution in [0.5, 0.6) is 11.5 Å². The summed E-state index contributed by atoms with van der Waals surface area (Å²) in [5.41, 5.74) is 3.80. The van der Waals surface area contributed by atoms with E-state index in [1.165, 1.54) is 11.1 Å². The van der Waals surface area contributed by atoms with Gasteiger partial charge in [-0.2, -0.15) is 0 Å². The number of hydrogen-bond acceptors (Lipinski definition) is 3. The molecule has 0 saturated carbocycles. The normalized spacial score (nSPS) is 16.5. The van der Waals surface area contributed by atoms with Gasteiger partial charge in [-0.25, -0.2) is 0 Å². The number of fused-ring (bicyclic) bond motifs is 1. The van der Waals surface area contributed by atoms with Crippen LogP contribution in [0.3, 0.4) is 0 Å². The van der Waals surface area contributed by atoms with Gasteiger partial charge >= 0.3 is 0 Å². The van der Waals surface area contributed by atoms with Crippen molar-refractivity contribution in [2.24, 2.45) is 0 Å². The average molecular weight is 412 g/mol. The van der Waals surface area contributed by atoms with Gasteiger partial charge in [-0.15, -0.1) is 0 Å². The molecule has 1 fully saturated rings. The number of methoxy groups -OCH3 is 1. The van der Waals surface area contributed by atoms with Gasteiger partial charge in [0.15, 0.2) is 0 Å². The fraction of sp³-hybridized carbons (Fsp3) is 0.222. The number of amides is 1. The Hall–Kier alpha value is -3.53. The molecule has 2 heterocycles. The van der Waals surface area contributed by atoms with Crippen LogP contribution >= 0.6 is 0 Å². The molecule has 4 nitrogen and oxygen atoms in total. The highest BCUT2D eigenvalue weighted by Gasteiger charge is 2.38. The predicted octanol–water partition coefficient (Wildman–Crippen LogP) is 5.44. The highest BCUT2D eigenvalue weighted by Crippen LogP contribution is 2.39. The number of carbonyl (C=O) groups excluding carboxylic acids is 1. The Morgan fingerprint density at radius 3 is 2.52 bits per heavy atom. The van der Waals surface area contributed by atoms with E-state index < -0.39 is 0 Å². The second-order valence-electron chi connectivity index (χ2n) is 8.14. The molecule has 4 heteroatoms. The summed E-state index contributed by atoms with van der Waals surface area (Å²) in [5, 5.41) is 0. The summed E-state index contributed by atoms with van der Waals surface area (Å²) in [4.78, 5) is 14.8. The minimum atomic E-state index is -0.341. The molecule has 3 aromatic carbocycles. The third-order valence-electron chi connectivity index (χ3n) is 6.21. The molecule has 5 rings (SSSR count). The van der Waals surface area contributed by atoms with Crippen LogP contribution < -0.4 is 9.47 Å². The fourth-order valence-corrected chi connectivity index (χ4v) is 4.37. The molecule has 0 aromatic heterocycles. The van der Waals surface area contributed by atoms with Gasteiger partial charge in [-0.1, -0.05) is 48.5 Å². The molecular formula is C27H25NO3. The van der Waals surface area contributed by atoms with Gasteiger partial charge in [0.25, 0.3) is 5.91 Å². The Morgan fingerprint density at radius 2 is 1.74 bits per heavy atom. The lowest BCUT2D eigenvalue weighted by Gasteiger charge is -2.42. The monoisotopic (exact) mass is 411 g/mol. The maximum Gasteiger partial charge on any atom is 0.253 e. The largest absolute Gasteiger partial charge is 0.497 e. The third kappa shape index (κ3) is 3.81.